The number of aryl methyl sites for hydroxylation is 2. The van der Waals surface area contributed by atoms with Crippen LogP contribution in [-0.2, 0) is 6.42 Å². The molecule has 6 heteroatoms. The second-order valence-electron chi connectivity index (χ2n) is 4.61. The molecule has 0 saturated heterocycles. The highest BCUT2D eigenvalue weighted by Gasteiger charge is 2.20. The number of hydrogen-bond donors (Lipinski definition) is 1. The number of thiazole rings is 1. The van der Waals surface area contributed by atoms with E-state index in [9.17, 15) is 0 Å². The third kappa shape index (κ3) is 3.22. The van der Waals surface area contributed by atoms with E-state index in [1.807, 2.05) is 12.1 Å². The molecule has 0 bridgehead atoms. The summed E-state index contributed by atoms with van der Waals surface area (Å²) >= 11 is 5.20. The van der Waals surface area contributed by atoms with Crippen molar-refractivity contribution < 1.29 is 9.47 Å². The summed E-state index contributed by atoms with van der Waals surface area (Å²) in [6.45, 7) is 4.18. The zero-order valence-corrected chi connectivity index (χ0v) is 15.0. The van der Waals surface area contributed by atoms with Gasteiger partial charge in [-0.25, -0.2) is 4.98 Å². The second-order valence-corrected chi connectivity index (χ2v) is 6.70. The van der Waals surface area contributed by atoms with E-state index in [1.165, 1.54) is 4.88 Å². The van der Waals surface area contributed by atoms with E-state index in [2.05, 4.69) is 34.8 Å². The van der Waals surface area contributed by atoms with E-state index in [1.54, 1.807) is 25.6 Å². The van der Waals surface area contributed by atoms with Crippen molar-refractivity contribution in [1.29, 1.82) is 0 Å². The van der Waals surface area contributed by atoms with Crippen molar-refractivity contribution in [3.05, 3.63) is 37.7 Å². The van der Waals surface area contributed by atoms with Gasteiger partial charge in [0.05, 0.1) is 26.0 Å². The highest BCUT2D eigenvalue weighted by atomic mass is 79.9. The maximum absolute atomic E-state index is 6.39. The van der Waals surface area contributed by atoms with Crippen molar-refractivity contribution in [3.63, 3.8) is 0 Å². The Kier molecular flexibility index (Phi) is 5.24. The van der Waals surface area contributed by atoms with Gasteiger partial charge in [0.15, 0.2) is 11.5 Å². The Balaban J connectivity index is 2.44. The van der Waals surface area contributed by atoms with Gasteiger partial charge >= 0.3 is 0 Å². The highest BCUT2D eigenvalue weighted by Crippen LogP contribution is 2.38. The van der Waals surface area contributed by atoms with Crippen LogP contribution in [0.1, 0.15) is 34.1 Å². The van der Waals surface area contributed by atoms with Gasteiger partial charge in [0.2, 0.25) is 0 Å². The van der Waals surface area contributed by atoms with Crippen molar-refractivity contribution in [2.24, 2.45) is 5.73 Å². The number of hydrogen-bond acceptors (Lipinski definition) is 5. The first kappa shape index (κ1) is 16.3. The molecular formula is C15H19BrN2O2S. The van der Waals surface area contributed by atoms with E-state index in [-0.39, 0.29) is 6.04 Å². The molecule has 1 heterocycles. The van der Waals surface area contributed by atoms with Gasteiger partial charge in [0.1, 0.15) is 5.01 Å². The van der Waals surface area contributed by atoms with Crippen molar-refractivity contribution in [2.45, 2.75) is 26.3 Å². The molecule has 0 saturated carbocycles. The van der Waals surface area contributed by atoms with Crippen LogP contribution in [-0.4, -0.2) is 19.2 Å². The van der Waals surface area contributed by atoms with Crippen LogP contribution in [0, 0.1) is 6.92 Å². The number of halogens is 1. The average molecular weight is 371 g/mol. The van der Waals surface area contributed by atoms with Gasteiger partial charge in [0, 0.05) is 9.35 Å². The molecule has 1 unspecified atom stereocenters. The smallest absolute Gasteiger partial charge is 0.161 e. The minimum atomic E-state index is -0.289. The fourth-order valence-electron chi connectivity index (χ4n) is 2.15. The van der Waals surface area contributed by atoms with E-state index in [0.29, 0.717) is 11.5 Å². The molecule has 2 rings (SSSR count). The Bertz CT molecular complexity index is 643. The molecule has 1 aromatic carbocycles. The molecule has 21 heavy (non-hydrogen) atoms. The third-order valence-corrected chi connectivity index (χ3v) is 5.13. The molecule has 2 N–H and O–H groups in total. The van der Waals surface area contributed by atoms with E-state index >= 15 is 0 Å². The molecule has 0 radical (unpaired) electrons. The van der Waals surface area contributed by atoms with Crippen molar-refractivity contribution in [1.82, 2.24) is 4.98 Å². The Morgan fingerprint density at radius 2 is 1.90 bits per heavy atom. The van der Waals surface area contributed by atoms with Gasteiger partial charge < -0.3 is 15.2 Å². The molecule has 0 aliphatic heterocycles. The standard InChI is InChI=1S/C15H19BrN2O2S/c1-5-11-8(2)21-15(18-11)14(17)9-6-12(19-3)13(20-4)7-10(9)16/h6-7,14H,5,17H2,1-4H3. The van der Waals surface area contributed by atoms with Crippen LogP contribution in [0.2, 0.25) is 0 Å². The first-order valence-corrected chi connectivity index (χ1v) is 8.25. The number of benzene rings is 1. The number of nitrogens with two attached hydrogens (primary N) is 1. The predicted octanol–water partition coefficient (Wildman–Crippen LogP) is 3.84. The van der Waals surface area contributed by atoms with Crippen LogP contribution < -0.4 is 15.2 Å². The summed E-state index contributed by atoms with van der Waals surface area (Å²) in [5, 5.41) is 0.914. The zero-order valence-electron chi connectivity index (χ0n) is 12.6. The van der Waals surface area contributed by atoms with Gasteiger partial charge in [-0.05, 0) is 31.0 Å². The Morgan fingerprint density at radius 3 is 2.43 bits per heavy atom. The monoisotopic (exact) mass is 370 g/mol. The first-order chi connectivity index (χ1) is 10.0. The molecule has 1 aromatic heterocycles. The maximum atomic E-state index is 6.39. The lowest BCUT2D eigenvalue weighted by Crippen LogP contribution is -2.13. The molecule has 0 aliphatic carbocycles. The van der Waals surface area contributed by atoms with Crippen LogP contribution in [0.15, 0.2) is 16.6 Å². The highest BCUT2D eigenvalue weighted by molar-refractivity contribution is 9.10. The number of rotatable bonds is 5. The SMILES string of the molecule is CCc1nc(C(N)c2cc(OC)c(OC)cc2Br)sc1C. The molecule has 1 atom stereocenters. The van der Waals surface area contributed by atoms with Crippen LogP contribution in [0.4, 0.5) is 0 Å². The summed E-state index contributed by atoms with van der Waals surface area (Å²) in [5.74, 6) is 1.33. The van der Waals surface area contributed by atoms with Gasteiger partial charge in [0.25, 0.3) is 0 Å². The normalized spacial score (nSPS) is 12.3. The Labute approximate surface area is 137 Å². The van der Waals surface area contributed by atoms with Crippen molar-refractivity contribution in [3.8, 4) is 11.5 Å². The summed E-state index contributed by atoms with van der Waals surface area (Å²) in [7, 11) is 3.23. The third-order valence-electron chi connectivity index (χ3n) is 3.35. The van der Waals surface area contributed by atoms with Gasteiger partial charge in [-0.3, -0.25) is 0 Å². The van der Waals surface area contributed by atoms with E-state index in [4.69, 9.17) is 15.2 Å². The Hall–Kier alpha value is -1.11. The summed E-state index contributed by atoms with van der Waals surface area (Å²) < 4.78 is 11.5. The van der Waals surface area contributed by atoms with E-state index < -0.39 is 0 Å². The van der Waals surface area contributed by atoms with Gasteiger partial charge in [-0.2, -0.15) is 0 Å². The quantitative estimate of drug-likeness (QED) is 0.868. The lowest BCUT2D eigenvalue weighted by molar-refractivity contribution is 0.354. The minimum absolute atomic E-state index is 0.289. The summed E-state index contributed by atoms with van der Waals surface area (Å²) in [5.41, 5.74) is 8.44. The largest absolute Gasteiger partial charge is 0.493 e. The second kappa shape index (κ2) is 6.77. The minimum Gasteiger partial charge on any atom is -0.493 e. The molecule has 0 aliphatic rings. The van der Waals surface area contributed by atoms with Crippen LogP contribution in [0.25, 0.3) is 0 Å². The van der Waals surface area contributed by atoms with Crippen molar-refractivity contribution >= 4 is 27.3 Å². The summed E-state index contributed by atoms with van der Waals surface area (Å²) in [6, 6.07) is 3.48. The average Bonchev–Trinajstić information content (AvgIpc) is 2.87. The predicted molar refractivity (Wildman–Crippen MR) is 89.5 cm³/mol. The fourth-order valence-corrected chi connectivity index (χ4v) is 3.75. The molecule has 0 spiro atoms. The molecule has 114 valence electrons. The molecule has 4 nitrogen and oxygen atoms in total. The number of methoxy groups -OCH3 is 2. The van der Waals surface area contributed by atoms with Crippen LogP contribution >= 0.6 is 27.3 Å². The summed E-state index contributed by atoms with van der Waals surface area (Å²) in [4.78, 5) is 5.87. The lowest BCUT2D eigenvalue weighted by Gasteiger charge is -2.15. The Morgan fingerprint density at radius 1 is 1.29 bits per heavy atom. The number of ether oxygens (including phenoxy) is 2. The van der Waals surface area contributed by atoms with Gasteiger partial charge in [-0.15, -0.1) is 11.3 Å². The van der Waals surface area contributed by atoms with Crippen LogP contribution in [0.3, 0.4) is 0 Å². The molecule has 0 amide bonds. The van der Waals surface area contributed by atoms with E-state index in [0.717, 1.165) is 27.2 Å². The zero-order chi connectivity index (χ0) is 15.6. The van der Waals surface area contributed by atoms with Crippen molar-refractivity contribution in [2.75, 3.05) is 14.2 Å². The maximum Gasteiger partial charge on any atom is 0.161 e. The summed E-state index contributed by atoms with van der Waals surface area (Å²) in [6.07, 6.45) is 0.919. The van der Waals surface area contributed by atoms with Crippen LogP contribution in [0.5, 0.6) is 11.5 Å². The topological polar surface area (TPSA) is 57.4 Å². The van der Waals surface area contributed by atoms with Gasteiger partial charge in [-0.1, -0.05) is 22.9 Å². The molecule has 0 fully saturated rings. The number of aromatic nitrogens is 1. The first-order valence-electron chi connectivity index (χ1n) is 6.65. The fraction of sp³-hybridized carbons (Fsp3) is 0.400. The molecule has 2 aromatic rings. The lowest BCUT2D eigenvalue weighted by atomic mass is 10.1. The molecular weight excluding hydrogens is 352 g/mol. The number of nitrogens with zero attached hydrogens (tertiary/aromatic N) is 1.